The van der Waals surface area contributed by atoms with Crippen LogP contribution in [0.1, 0.15) is 114 Å². The SMILES string of the molecule is COC1CCCCC1c1cn([C@H]2C[C@H](CNc3ccc4c(c3)C(=O)N(C3CCC(=O)NC3=O)C4=O)C2)nc1C1CC1. The lowest BCUT2D eigenvalue weighted by Crippen LogP contribution is -2.54. The van der Waals surface area contributed by atoms with Gasteiger partial charge in [0.25, 0.3) is 11.8 Å². The molecule has 3 atom stereocenters. The van der Waals surface area contributed by atoms with E-state index in [4.69, 9.17) is 9.84 Å². The predicted molar refractivity (Wildman–Crippen MR) is 150 cm³/mol. The van der Waals surface area contributed by atoms with Crippen molar-refractivity contribution in [1.82, 2.24) is 20.0 Å². The van der Waals surface area contributed by atoms with Gasteiger partial charge in [-0.15, -0.1) is 0 Å². The van der Waals surface area contributed by atoms with Gasteiger partial charge >= 0.3 is 0 Å². The molecule has 3 unspecified atom stereocenters. The third-order valence-electron chi connectivity index (χ3n) is 9.78. The first-order valence-electron chi connectivity index (χ1n) is 15.1. The second-order valence-corrected chi connectivity index (χ2v) is 12.5. The first-order valence-corrected chi connectivity index (χ1v) is 15.1. The molecule has 0 spiro atoms. The number of imide groups is 2. The van der Waals surface area contributed by atoms with E-state index in [2.05, 4.69) is 21.5 Å². The third kappa shape index (κ3) is 4.75. The molecule has 3 aliphatic carbocycles. The maximum atomic E-state index is 13.1. The Morgan fingerprint density at radius 3 is 2.54 bits per heavy atom. The number of methoxy groups -OCH3 is 1. The first-order chi connectivity index (χ1) is 19.9. The Morgan fingerprint density at radius 1 is 1.00 bits per heavy atom. The van der Waals surface area contributed by atoms with Gasteiger partial charge < -0.3 is 10.1 Å². The Bertz CT molecular complexity index is 1410. The van der Waals surface area contributed by atoms with Crippen LogP contribution in [0.4, 0.5) is 5.69 Å². The largest absolute Gasteiger partial charge is 0.385 e. The van der Waals surface area contributed by atoms with Crippen molar-refractivity contribution < 1.29 is 23.9 Å². The minimum atomic E-state index is -0.954. The second-order valence-electron chi connectivity index (χ2n) is 12.5. The van der Waals surface area contributed by atoms with Crippen LogP contribution in [0.15, 0.2) is 24.4 Å². The molecule has 4 fully saturated rings. The summed E-state index contributed by atoms with van der Waals surface area (Å²) in [6.45, 7) is 0.770. The van der Waals surface area contributed by atoms with Crippen molar-refractivity contribution in [3.05, 3.63) is 46.8 Å². The van der Waals surface area contributed by atoms with Crippen molar-refractivity contribution in [2.45, 2.75) is 94.2 Å². The topological polar surface area (TPSA) is 123 Å². The standard InChI is InChI=1S/C31H37N5O5/c1-41-26-5-3-2-4-21(26)24-16-35(34-28(24)18-6-7-18)20-12-17(13-20)15-32-19-8-9-22-23(14-19)31(40)36(30(22)39)25-10-11-27(37)33-29(25)38/h8-9,14,16-18,20-21,25-26,32H,2-7,10-13,15H2,1H3,(H,33,37,38)/t17-,20-,21?,25?,26?. The summed E-state index contributed by atoms with van der Waals surface area (Å²) < 4.78 is 8.11. The molecule has 216 valence electrons. The van der Waals surface area contributed by atoms with Crippen LogP contribution in [0, 0.1) is 5.92 Å². The maximum Gasteiger partial charge on any atom is 0.262 e. The van der Waals surface area contributed by atoms with Gasteiger partial charge in [0.05, 0.1) is 29.0 Å². The minimum absolute atomic E-state index is 0.106. The monoisotopic (exact) mass is 559 g/mol. The summed E-state index contributed by atoms with van der Waals surface area (Å²) in [5.41, 5.74) is 4.10. The van der Waals surface area contributed by atoms with Crippen LogP contribution in [0.25, 0.3) is 0 Å². The Labute approximate surface area is 239 Å². The molecule has 5 aliphatic rings. The first kappa shape index (κ1) is 26.4. The van der Waals surface area contributed by atoms with Crippen LogP contribution in [0.5, 0.6) is 0 Å². The highest BCUT2D eigenvalue weighted by Crippen LogP contribution is 2.47. The molecule has 2 aliphatic heterocycles. The van der Waals surface area contributed by atoms with Crippen molar-refractivity contribution in [2.75, 3.05) is 19.0 Å². The van der Waals surface area contributed by atoms with E-state index in [1.54, 1.807) is 12.1 Å². The van der Waals surface area contributed by atoms with E-state index in [1.807, 2.05) is 13.2 Å². The molecule has 0 radical (unpaired) electrons. The normalized spacial score (nSPS) is 29.8. The number of ether oxygens (including phenoxy) is 1. The zero-order valence-electron chi connectivity index (χ0n) is 23.4. The van der Waals surface area contributed by atoms with Crippen LogP contribution in [0.2, 0.25) is 0 Å². The third-order valence-corrected chi connectivity index (χ3v) is 9.78. The molecule has 10 nitrogen and oxygen atoms in total. The highest BCUT2D eigenvalue weighted by molar-refractivity contribution is 6.23. The van der Waals surface area contributed by atoms with Gasteiger partial charge in [-0.2, -0.15) is 5.10 Å². The maximum absolute atomic E-state index is 13.1. The van der Waals surface area contributed by atoms with Crippen molar-refractivity contribution >= 4 is 29.3 Å². The minimum Gasteiger partial charge on any atom is -0.385 e. The fraction of sp³-hybridized carbons (Fsp3) is 0.581. The number of rotatable bonds is 8. The van der Waals surface area contributed by atoms with E-state index in [-0.39, 0.29) is 18.7 Å². The summed E-state index contributed by atoms with van der Waals surface area (Å²) in [7, 11) is 1.84. The molecule has 41 heavy (non-hydrogen) atoms. The van der Waals surface area contributed by atoms with Gasteiger partial charge in [0, 0.05) is 43.8 Å². The van der Waals surface area contributed by atoms with Crippen LogP contribution in [-0.2, 0) is 14.3 Å². The van der Waals surface area contributed by atoms with Gasteiger partial charge in [0.15, 0.2) is 0 Å². The number of carbonyl (C=O) groups is 4. The summed E-state index contributed by atoms with van der Waals surface area (Å²) in [5.74, 6) is -0.389. The number of nitrogens with zero attached hydrogens (tertiary/aromatic N) is 3. The average Bonchev–Trinajstić information content (AvgIpc) is 3.66. The molecular weight excluding hydrogens is 522 g/mol. The fourth-order valence-corrected chi connectivity index (χ4v) is 7.23. The lowest BCUT2D eigenvalue weighted by Gasteiger charge is -2.36. The molecule has 3 saturated carbocycles. The summed E-state index contributed by atoms with van der Waals surface area (Å²) >= 11 is 0. The van der Waals surface area contributed by atoms with Crippen molar-refractivity contribution in [1.29, 1.82) is 0 Å². The molecule has 2 aromatic rings. The van der Waals surface area contributed by atoms with Gasteiger partial charge in [0.2, 0.25) is 11.8 Å². The average molecular weight is 560 g/mol. The van der Waals surface area contributed by atoms with Crippen LogP contribution in [0.3, 0.4) is 0 Å². The Morgan fingerprint density at radius 2 is 1.78 bits per heavy atom. The van der Waals surface area contributed by atoms with Gasteiger partial charge in [-0.3, -0.25) is 34.1 Å². The van der Waals surface area contributed by atoms with Crippen LogP contribution >= 0.6 is 0 Å². The van der Waals surface area contributed by atoms with E-state index in [9.17, 15) is 19.2 Å². The summed E-state index contributed by atoms with van der Waals surface area (Å²) in [6.07, 6.45) is 12.3. The molecule has 1 aromatic heterocycles. The van der Waals surface area contributed by atoms with E-state index in [0.717, 1.165) is 36.4 Å². The number of benzene rings is 1. The van der Waals surface area contributed by atoms with Gasteiger partial charge in [-0.25, -0.2) is 0 Å². The van der Waals surface area contributed by atoms with Gasteiger partial charge in [-0.05, 0) is 74.6 Å². The van der Waals surface area contributed by atoms with Gasteiger partial charge in [0.1, 0.15) is 6.04 Å². The smallest absolute Gasteiger partial charge is 0.262 e. The number of amides is 4. The number of nitrogens with one attached hydrogen (secondary N) is 2. The Balaban J connectivity index is 0.976. The molecule has 1 aromatic carbocycles. The summed E-state index contributed by atoms with van der Waals surface area (Å²) in [5, 5.41) is 10.8. The van der Waals surface area contributed by atoms with Crippen LogP contribution < -0.4 is 10.6 Å². The Hall–Kier alpha value is -3.53. The molecule has 7 rings (SSSR count). The number of carbonyl (C=O) groups excluding carboxylic acids is 4. The molecule has 10 heteroatoms. The van der Waals surface area contributed by atoms with Crippen LogP contribution in [-0.4, -0.2) is 64.1 Å². The van der Waals surface area contributed by atoms with E-state index >= 15 is 0 Å². The number of piperidine rings is 1. The highest BCUT2D eigenvalue weighted by atomic mass is 16.5. The molecular formula is C31H37N5O5. The lowest BCUT2D eigenvalue weighted by molar-refractivity contribution is -0.136. The molecule has 0 bridgehead atoms. The van der Waals surface area contributed by atoms with E-state index in [1.165, 1.54) is 43.4 Å². The number of hydrogen-bond acceptors (Lipinski definition) is 7. The predicted octanol–water partition coefficient (Wildman–Crippen LogP) is 3.90. The Kier molecular flexibility index (Phi) is 6.68. The molecule has 1 saturated heterocycles. The lowest BCUT2D eigenvalue weighted by atomic mass is 9.79. The van der Waals surface area contributed by atoms with Crippen molar-refractivity contribution in [3.8, 4) is 0 Å². The number of hydrogen-bond donors (Lipinski definition) is 2. The highest BCUT2D eigenvalue weighted by Gasteiger charge is 2.45. The summed E-state index contributed by atoms with van der Waals surface area (Å²) in [4.78, 5) is 50.9. The van der Waals surface area contributed by atoms with Crippen molar-refractivity contribution in [3.63, 3.8) is 0 Å². The molecule has 4 amide bonds. The number of anilines is 1. The summed E-state index contributed by atoms with van der Waals surface area (Å²) in [6, 6.07) is 4.61. The second kappa shape index (κ2) is 10.4. The van der Waals surface area contributed by atoms with E-state index < -0.39 is 23.8 Å². The number of aromatic nitrogens is 2. The molecule has 3 heterocycles. The van der Waals surface area contributed by atoms with Crippen molar-refractivity contribution in [2.24, 2.45) is 5.92 Å². The molecule has 2 N–H and O–H groups in total. The quantitative estimate of drug-likeness (QED) is 0.471. The fourth-order valence-electron chi connectivity index (χ4n) is 7.23. The van der Waals surface area contributed by atoms with Gasteiger partial charge in [-0.1, -0.05) is 12.8 Å². The van der Waals surface area contributed by atoms with E-state index in [0.29, 0.717) is 41.0 Å². The number of fused-ring (bicyclic) bond motifs is 1. The zero-order valence-corrected chi connectivity index (χ0v) is 23.4. The zero-order chi connectivity index (χ0) is 28.2.